The molecule has 4 N–H and O–H groups in total. The van der Waals surface area contributed by atoms with E-state index >= 15 is 0 Å². The van der Waals surface area contributed by atoms with Crippen LogP contribution < -0.4 is 21.3 Å². The van der Waals surface area contributed by atoms with Gasteiger partial charge in [-0.05, 0) is 42.0 Å². The van der Waals surface area contributed by atoms with Crippen LogP contribution in [0.3, 0.4) is 0 Å². The van der Waals surface area contributed by atoms with E-state index in [4.69, 9.17) is 11.6 Å². The van der Waals surface area contributed by atoms with Crippen LogP contribution in [0.4, 0.5) is 11.6 Å². The van der Waals surface area contributed by atoms with Gasteiger partial charge in [-0.3, -0.25) is 9.59 Å². The largest absolute Gasteiger partial charge is 0.368 e. The van der Waals surface area contributed by atoms with E-state index in [0.29, 0.717) is 54.2 Å². The van der Waals surface area contributed by atoms with Crippen molar-refractivity contribution in [2.75, 3.05) is 36.8 Å². The molecule has 8 nitrogen and oxygen atoms in total. The molecule has 0 fully saturated rings. The Hall–Kier alpha value is -3.91. The lowest BCUT2D eigenvalue weighted by atomic mass is 10.1. The van der Waals surface area contributed by atoms with Crippen LogP contribution in [0.25, 0.3) is 17.5 Å². The van der Waals surface area contributed by atoms with E-state index in [9.17, 15) is 9.59 Å². The van der Waals surface area contributed by atoms with Crippen LogP contribution in [0.2, 0.25) is 5.02 Å². The Balaban J connectivity index is 1.62. The summed E-state index contributed by atoms with van der Waals surface area (Å²) in [5, 5.41) is 12.7. The molecule has 0 atom stereocenters. The van der Waals surface area contributed by atoms with E-state index in [2.05, 4.69) is 37.8 Å². The van der Waals surface area contributed by atoms with E-state index in [0.717, 1.165) is 11.1 Å². The van der Waals surface area contributed by atoms with Crippen molar-refractivity contribution < 1.29 is 9.59 Å². The monoisotopic (exact) mass is 478 g/mol. The molecule has 0 aliphatic heterocycles. The molecule has 2 amide bonds. The van der Waals surface area contributed by atoms with Crippen LogP contribution in [0.1, 0.15) is 22.8 Å². The van der Waals surface area contributed by atoms with Gasteiger partial charge in [0.2, 0.25) is 5.91 Å². The second-order valence-corrected chi connectivity index (χ2v) is 7.82. The van der Waals surface area contributed by atoms with Gasteiger partial charge in [-0.25, -0.2) is 9.97 Å². The maximum absolute atomic E-state index is 12.3. The highest BCUT2D eigenvalue weighted by atomic mass is 35.5. The number of anilines is 2. The molecule has 9 heteroatoms. The van der Waals surface area contributed by atoms with Crippen LogP contribution in [-0.2, 0) is 4.79 Å². The lowest BCUT2D eigenvalue weighted by Gasteiger charge is -2.12. The maximum atomic E-state index is 12.3. The van der Waals surface area contributed by atoms with Gasteiger partial charge in [0.1, 0.15) is 11.6 Å². The zero-order valence-corrected chi connectivity index (χ0v) is 19.7. The molecule has 1 heterocycles. The fourth-order valence-electron chi connectivity index (χ4n) is 3.02. The van der Waals surface area contributed by atoms with Crippen molar-refractivity contribution in [1.82, 2.24) is 20.6 Å². The van der Waals surface area contributed by atoms with Gasteiger partial charge >= 0.3 is 0 Å². The van der Waals surface area contributed by atoms with Gasteiger partial charge in [0.25, 0.3) is 5.91 Å². The molecule has 0 saturated heterocycles. The third kappa shape index (κ3) is 7.60. The molecule has 176 valence electrons. The van der Waals surface area contributed by atoms with E-state index in [1.54, 1.807) is 36.4 Å². The maximum Gasteiger partial charge on any atom is 0.251 e. The van der Waals surface area contributed by atoms with Crippen LogP contribution in [-0.4, -0.2) is 48.0 Å². The average Bonchev–Trinajstić information content (AvgIpc) is 2.84. The molecule has 0 spiro atoms. The number of carbonyl (C=O) groups excluding carboxylic acids is 2. The van der Waals surface area contributed by atoms with Gasteiger partial charge in [-0.2, -0.15) is 0 Å². The number of nitrogens with one attached hydrogen (secondary N) is 4. The van der Waals surface area contributed by atoms with E-state index in [1.165, 1.54) is 6.92 Å². The predicted molar refractivity (Wildman–Crippen MR) is 137 cm³/mol. The average molecular weight is 479 g/mol. The summed E-state index contributed by atoms with van der Waals surface area (Å²) in [5.41, 5.74) is 2.36. The molecule has 34 heavy (non-hydrogen) atoms. The Kier molecular flexibility index (Phi) is 8.99. The molecule has 0 radical (unpaired) electrons. The highest BCUT2D eigenvalue weighted by Gasteiger charge is 2.08. The zero-order chi connectivity index (χ0) is 24.3. The summed E-state index contributed by atoms with van der Waals surface area (Å²) in [6.07, 6.45) is 1.73. The van der Waals surface area contributed by atoms with Gasteiger partial charge in [0, 0.05) is 55.3 Å². The van der Waals surface area contributed by atoms with Crippen molar-refractivity contribution in [2.45, 2.75) is 6.92 Å². The molecule has 3 aromatic rings. The summed E-state index contributed by atoms with van der Waals surface area (Å²) in [6.45, 7) is 7.05. The van der Waals surface area contributed by atoms with Crippen molar-refractivity contribution in [2.24, 2.45) is 0 Å². The molecule has 1 aromatic heterocycles. The lowest BCUT2D eigenvalue weighted by molar-refractivity contribution is -0.118. The Morgan fingerprint density at radius 2 is 1.47 bits per heavy atom. The number of hydrogen-bond acceptors (Lipinski definition) is 6. The summed E-state index contributed by atoms with van der Waals surface area (Å²) >= 11 is 6.00. The first-order valence-electron chi connectivity index (χ1n) is 10.8. The Bertz CT molecular complexity index is 1130. The minimum atomic E-state index is -0.151. The molecular weight excluding hydrogens is 452 g/mol. The Morgan fingerprint density at radius 3 is 2.03 bits per heavy atom. The molecule has 2 aromatic carbocycles. The topological polar surface area (TPSA) is 108 Å². The first-order valence-corrected chi connectivity index (χ1v) is 11.2. The number of hydrogen-bond donors (Lipinski definition) is 4. The molecule has 0 aliphatic rings. The number of nitrogens with zero attached hydrogens (tertiary/aromatic N) is 2. The van der Waals surface area contributed by atoms with Gasteiger partial charge in [0.15, 0.2) is 5.82 Å². The summed E-state index contributed by atoms with van der Waals surface area (Å²) in [7, 11) is 0. The zero-order valence-electron chi connectivity index (χ0n) is 18.9. The second-order valence-electron chi connectivity index (χ2n) is 7.39. The smallest absolute Gasteiger partial charge is 0.251 e. The number of aromatic nitrogens is 2. The summed E-state index contributed by atoms with van der Waals surface area (Å²) in [6, 6.07) is 16.3. The second kappa shape index (κ2) is 12.4. The number of benzene rings is 2. The van der Waals surface area contributed by atoms with Crippen LogP contribution in [0, 0.1) is 0 Å². The highest BCUT2D eigenvalue weighted by molar-refractivity contribution is 6.30. The first kappa shape index (κ1) is 24.7. The lowest BCUT2D eigenvalue weighted by Crippen LogP contribution is -2.29. The SMILES string of the molecule is C=Cc1ccc(C(=O)NCCNc2cc(NCCNC(C)=O)nc(-c3ccc(Cl)cc3)n2)cc1. The molecule has 0 bridgehead atoms. The van der Waals surface area contributed by atoms with Gasteiger partial charge < -0.3 is 21.3 Å². The van der Waals surface area contributed by atoms with Crippen LogP contribution >= 0.6 is 11.6 Å². The minimum absolute atomic E-state index is 0.0904. The number of halogens is 1. The Labute approximate surface area is 203 Å². The fourth-order valence-corrected chi connectivity index (χ4v) is 3.15. The van der Waals surface area contributed by atoms with Crippen molar-refractivity contribution in [1.29, 1.82) is 0 Å². The molecular formula is C25H27ClN6O2. The predicted octanol–water partition coefficient (Wildman–Crippen LogP) is 3.83. The summed E-state index contributed by atoms with van der Waals surface area (Å²) < 4.78 is 0. The van der Waals surface area contributed by atoms with Crippen LogP contribution in [0.5, 0.6) is 0 Å². The van der Waals surface area contributed by atoms with Crippen LogP contribution in [0.15, 0.2) is 61.2 Å². The standard InChI is InChI=1S/C25H27ClN6O2/c1-3-18-4-6-20(7-5-18)25(34)30-15-14-29-23-16-22(28-13-12-27-17(2)33)31-24(32-23)19-8-10-21(26)11-9-19/h3-11,16H,1,12-15H2,2H3,(H,27,33)(H,30,34)(H2,28,29,31,32). The van der Waals surface area contributed by atoms with Crippen molar-refractivity contribution >= 4 is 41.1 Å². The minimum Gasteiger partial charge on any atom is -0.368 e. The van der Waals surface area contributed by atoms with Gasteiger partial charge in [-0.1, -0.05) is 36.4 Å². The normalized spacial score (nSPS) is 10.3. The number of amides is 2. The molecule has 0 saturated carbocycles. The third-order valence-electron chi connectivity index (χ3n) is 4.76. The highest BCUT2D eigenvalue weighted by Crippen LogP contribution is 2.22. The molecule has 3 rings (SSSR count). The van der Waals surface area contributed by atoms with Crippen molar-refractivity contribution in [3.05, 3.63) is 77.3 Å². The van der Waals surface area contributed by atoms with Crippen molar-refractivity contribution in [3.8, 4) is 11.4 Å². The van der Waals surface area contributed by atoms with E-state index in [1.807, 2.05) is 24.3 Å². The number of rotatable bonds is 11. The molecule has 0 unspecified atom stereocenters. The summed E-state index contributed by atoms with van der Waals surface area (Å²) in [4.78, 5) is 32.6. The molecule has 0 aliphatic carbocycles. The fraction of sp³-hybridized carbons (Fsp3) is 0.200. The number of carbonyl (C=O) groups is 2. The van der Waals surface area contributed by atoms with Gasteiger partial charge in [-0.15, -0.1) is 0 Å². The van der Waals surface area contributed by atoms with Crippen molar-refractivity contribution in [3.63, 3.8) is 0 Å². The Morgan fingerprint density at radius 1 is 0.882 bits per heavy atom. The summed E-state index contributed by atoms with van der Waals surface area (Å²) in [5.74, 6) is 1.50. The van der Waals surface area contributed by atoms with E-state index < -0.39 is 0 Å². The first-order chi connectivity index (χ1) is 16.4. The van der Waals surface area contributed by atoms with E-state index in [-0.39, 0.29) is 11.8 Å². The quantitative estimate of drug-likeness (QED) is 0.312. The van der Waals surface area contributed by atoms with Gasteiger partial charge in [0.05, 0.1) is 0 Å². The third-order valence-corrected chi connectivity index (χ3v) is 5.01.